The monoisotopic (exact) mass is 344 g/mol. The Hall–Kier alpha value is -1.91. The lowest BCUT2D eigenvalue weighted by Gasteiger charge is -2.35. The zero-order chi connectivity index (χ0) is 17.4. The van der Waals surface area contributed by atoms with E-state index in [2.05, 4.69) is 0 Å². The van der Waals surface area contributed by atoms with Gasteiger partial charge >= 0.3 is 0 Å². The van der Waals surface area contributed by atoms with Gasteiger partial charge in [0.05, 0.1) is 5.41 Å². The van der Waals surface area contributed by atoms with Gasteiger partial charge in [-0.1, -0.05) is 12.1 Å². The zero-order valence-corrected chi connectivity index (χ0v) is 14.5. The minimum Gasteiger partial charge on any atom is -0.342 e. The van der Waals surface area contributed by atoms with Crippen molar-refractivity contribution < 1.29 is 14.0 Å². The predicted molar refractivity (Wildman–Crippen MR) is 92.4 cm³/mol. The van der Waals surface area contributed by atoms with Gasteiger partial charge in [-0.2, -0.15) is 0 Å². The van der Waals surface area contributed by atoms with E-state index in [1.807, 2.05) is 9.80 Å². The summed E-state index contributed by atoms with van der Waals surface area (Å²) in [5, 5.41) is 0. The maximum atomic E-state index is 13.2. The number of nitrogens with zero attached hydrogens (tertiary/aromatic N) is 2. The number of carbonyl (C=O) groups excluding carboxylic acids is 2. The third-order valence-corrected chi connectivity index (χ3v) is 6.11. The van der Waals surface area contributed by atoms with Crippen molar-refractivity contribution in [2.45, 2.75) is 43.9 Å². The summed E-state index contributed by atoms with van der Waals surface area (Å²) in [4.78, 5) is 29.5. The molecular formula is C20H25FN2O2. The lowest BCUT2D eigenvalue weighted by Crippen LogP contribution is -2.47. The van der Waals surface area contributed by atoms with Crippen molar-refractivity contribution in [2.75, 3.05) is 26.2 Å². The molecule has 2 saturated heterocycles. The first-order valence-corrected chi connectivity index (χ1v) is 9.44. The van der Waals surface area contributed by atoms with Crippen LogP contribution in [0.15, 0.2) is 24.3 Å². The van der Waals surface area contributed by atoms with Crippen molar-refractivity contribution in [1.29, 1.82) is 0 Å². The molecule has 0 aromatic heterocycles. The van der Waals surface area contributed by atoms with Crippen LogP contribution in [0.2, 0.25) is 0 Å². The molecule has 3 fully saturated rings. The van der Waals surface area contributed by atoms with Crippen LogP contribution in [0.4, 0.5) is 4.39 Å². The number of piperidine rings is 1. The molecule has 3 aliphatic rings. The van der Waals surface area contributed by atoms with Crippen LogP contribution in [0.1, 0.15) is 44.1 Å². The highest BCUT2D eigenvalue weighted by Gasteiger charge is 2.53. The predicted octanol–water partition coefficient (Wildman–Crippen LogP) is 2.72. The molecule has 1 aromatic rings. The summed E-state index contributed by atoms with van der Waals surface area (Å²) in [5.41, 5.74) is 0.480. The first-order valence-electron chi connectivity index (χ1n) is 9.44. The number of hydrogen-bond acceptors (Lipinski definition) is 2. The topological polar surface area (TPSA) is 40.6 Å². The van der Waals surface area contributed by atoms with Crippen LogP contribution in [0, 0.1) is 11.7 Å². The van der Waals surface area contributed by atoms with E-state index in [-0.39, 0.29) is 23.5 Å². The maximum Gasteiger partial charge on any atom is 0.233 e. The smallest absolute Gasteiger partial charge is 0.233 e. The number of amides is 2. The van der Waals surface area contributed by atoms with Crippen LogP contribution in [0.3, 0.4) is 0 Å². The van der Waals surface area contributed by atoms with Gasteiger partial charge in [0, 0.05) is 32.1 Å². The van der Waals surface area contributed by atoms with Crippen molar-refractivity contribution in [3.8, 4) is 0 Å². The third-order valence-electron chi connectivity index (χ3n) is 6.11. The van der Waals surface area contributed by atoms with E-state index in [4.69, 9.17) is 0 Å². The van der Waals surface area contributed by atoms with E-state index >= 15 is 0 Å². The van der Waals surface area contributed by atoms with Gasteiger partial charge in [0.15, 0.2) is 0 Å². The lowest BCUT2D eigenvalue weighted by atomic mass is 9.90. The molecule has 2 aliphatic heterocycles. The number of hydrogen-bond donors (Lipinski definition) is 0. The first kappa shape index (κ1) is 16.6. The normalized spacial score (nSPS) is 22.9. The fraction of sp³-hybridized carbons (Fsp3) is 0.600. The molecule has 1 aromatic carbocycles. The molecule has 0 N–H and O–H groups in total. The molecule has 0 unspecified atom stereocenters. The fourth-order valence-electron chi connectivity index (χ4n) is 4.35. The molecule has 2 amide bonds. The Morgan fingerprint density at radius 3 is 2.08 bits per heavy atom. The molecule has 5 heteroatoms. The van der Waals surface area contributed by atoms with E-state index in [1.165, 1.54) is 12.1 Å². The summed E-state index contributed by atoms with van der Waals surface area (Å²) in [6, 6.07) is 6.35. The Balaban J connectivity index is 1.38. The van der Waals surface area contributed by atoms with Crippen LogP contribution < -0.4 is 0 Å². The summed E-state index contributed by atoms with van der Waals surface area (Å²) < 4.78 is 13.2. The number of rotatable bonds is 3. The van der Waals surface area contributed by atoms with Gasteiger partial charge in [-0.3, -0.25) is 9.59 Å². The summed E-state index contributed by atoms with van der Waals surface area (Å²) in [7, 11) is 0. The summed E-state index contributed by atoms with van der Waals surface area (Å²) >= 11 is 0. The fourth-order valence-corrected chi connectivity index (χ4v) is 4.35. The van der Waals surface area contributed by atoms with Crippen molar-refractivity contribution in [2.24, 2.45) is 5.92 Å². The second-order valence-corrected chi connectivity index (χ2v) is 7.69. The van der Waals surface area contributed by atoms with Gasteiger partial charge in [0.1, 0.15) is 5.82 Å². The Morgan fingerprint density at radius 1 is 0.920 bits per heavy atom. The molecule has 4 nitrogen and oxygen atoms in total. The summed E-state index contributed by atoms with van der Waals surface area (Å²) in [6.07, 6.45) is 5.43. The van der Waals surface area contributed by atoms with Crippen LogP contribution in [-0.4, -0.2) is 47.8 Å². The lowest BCUT2D eigenvalue weighted by molar-refractivity contribution is -0.141. The summed E-state index contributed by atoms with van der Waals surface area (Å²) in [5.74, 6) is 0.242. The van der Waals surface area contributed by atoms with Crippen LogP contribution >= 0.6 is 0 Å². The van der Waals surface area contributed by atoms with Crippen LogP contribution in [0.5, 0.6) is 0 Å². The van der Waals surface area contributed by atoms with E-state index < -0.39 is 5.41 Å². The minimum absolute atomic E-state index is 0.0723. The highest BCUT2D eigenvalue weighted by molar-refractivity contribution is 5.91. The Kier molecular flexibility index (Phi) is 4.26. The number of carbonyl (C=O) groups is 2. The average molecular weight is 344 g/mol. The zero-order valence-electron chi connectivity index (χ0n) is 14.5. The average Bonchev–Trinajstić information content (AvgIpc) is 3.27. The van der Waals surface area contributed by atoms with Crippen LogP contribution in [-0.2, 0) is 15.0 Å². The molecule has 25 heavy (non-hydrogen) atoms. The Labute approximate surface area is 148 Å². The van der Waals surface area contributed by atoms with Gasteiger partial charge in [-0.05, 0) is 56.2 Å². The molecule has 4 rings (SSSR count). The van der Waals surface area contributed by atoms with E-state index in [9.17, 15) is 14.0 Å². The molecule has 134 valence electrons. The minimum atomic E-state index is -0.445. The molecule has 2 heterocycles. The Morgan fingerprint density at radius 2 is 1.52 bits per heavy atom. The van der Waals surface area contributed by atoms with Crippen LogP contribution in [0.25, 0.3) is 0 Å². The second kappa shape index (κ2) is 6.43. The van der Waals surface area contributed by atoms with E-state index in [1.54, 1.807) is 12.1 Å². The molecule has 1 saturated carbocycles. The number of likely N-dealkylation sites (tertiary alicyclic amines) is 2. The maximum absolute atomic E-state index is 13.2. The van der Waals surface area contributed by atoms with Crippen molar-refractivity contribution in [1.82, 2.24) is 9.80 Å². The van der Waals surface area contributed by atoms with Gasteiger partial charge in [-0.25, -0.2) is 4.39 Å². The molecular weight excluding hydrogens is 319 g/mol. The SMILES string of the molecule is O=C(C1CCN(C(=O)C2(c3ccc(F)cc3)CC2)CC1)N1CCCC1. The molecule has 0 spiro atoms. The van der Waals surface area contributed by atoms with Crippen molar-refractivity contribution in [3.63, 3.8) is 0 Å². The molecule has 0 atom stereocenters. The molecule has 0 radical (unpaired) electrons. The largest absolute Gasteiger partial charge is 0.342 e. The highest BCUT2D eigenvalue weighted by Crippen LogP contribution is 2.50. The van der Waals surface area contributed by atoms with E-state index in [0.717, 1.165) is 57.2 Å². The van der Waals surface area contributed by atoms with Crippen molar-refractivity contribution in [3.05, 3.63) is 35.6 Å². The third kappa shape index (κ3) is 3.05. The molecule has 0 bridgehead atoms. The molecule has 1 aliphatic carbocycles. The van der Waals surface area contributed by atoms with Crippen molar-refractivity contribution >= 4 is 11.8 Å². The second-order valence-electron chi connectivity index (χ2n) is 7.69. The van der Waals surface area contributed by atoms with Gasteiger partial charge in [0.25, 0.3) is 0 Å². The highest BCUT2D eigenvalue weighted by atomic mass is 19.1. The number of benzene rings is 1. The van der Waals surface area contributed by atoms with Gasteiger partial charge in [-0.15, -0.1) is 0 Å². The Bertz CT molecular complexity index is 655. The quantitative estimate of drug-likeness (QED) is 0.846. The summed E-state index contributed by atoms with van der Waals surface area (Å²) in [6.45, 7) is 3.11. The van der Waals surface area contributed by atoms with Gasteiger partial charge in [0.2, 0.25) is 11.8 Å². The van der Waals surface area contributed by atoms with E-state index in [0.29, 0.717) is 13.1 Å². The van der Waals surface area contributed by atoms with Gasteiger partial charge < -0.3 is 9.80 Å². The first-order chi connectivity index (χ1) is 12.1. The standard InChI is InChI=1S/C20H25FN2O2/c21-17-5-3-16(4-6-17)20(9-10-20)19(25)23-13-7-15(8-14-23)18(24)22-11-1-2-12-22/h3-6,15H,1-2,7-14H2. The number of halogens is 1.